The predicted molar refractivity (Wildman–Crippen MR) is 201 cm³/mol. The molecule has 1 aliphatic rings. The lowest BCUT2D eigenvalue weighted by Gasteiger charge is -2.25. The molecule has 266 valence electrons. The van der Waals surface area contributed by atoms with E-state index in [4.69, 9.17) is 26.8 Å². The molecule has 5 N–H and O–H groups in total. The number of nitrogens with zero attached hydrogens (tertiary/aromatic N) is 2. The van der Waals surface area contributed by atoms with Gasteiger partial charge in [-0.05, 0) is 95.8 Å². The number of rotatable bonds is 13. The summed E-state index contributed by atoms with van der Waals surface area (Å²) in [6.45, 7) is 5.38. The van der Waals surface area contributed by atoms with Crippen LogP contribution in [0.2, 0.25) is 5.02 Å². The van der Waals surface area contributed by atoms with Crippen LogP contribution in [0.15, 0.2) is 85.2 Å². The Balaban J connectivity index is 1.26. The van der Waals surface area contributed by atoms with E-state index in [1.807, 2.05) is 12.1 Å². The normalized spacial score (nSPS) is 14.7. The van der Waals surface area contributed by atoms with Crippen molar-refractivity contribution in [2.75, 3.05) is 6.61 Å². The Kier molecular flexibility index (Phi) is 10.9. The lowest BCUT2D eigenvalue weighted by atomic mass is 9.89. The molecular weight excluding hydrogens is 676 g/mol. The van der Waals surface area contributed by atoms with Crippen molar-refractivity contribution >= 4 is 17.6 Å². The number of halogens is 1. The number of hydrogen-bond donors (Lipinski definition) is 4. The van der Waals surface area contributed by atoms with Gasteiger partial charge in [-0.3, -0.25) is 15.1 Å². The molecule has 0 aliphatic heterocycles. The number of aliphatic hydroxyl groups is 1. The Bertz CT molecular complexity index is 2180. The van der Waals surface area contributed by atoms with Crippen molar-refractivity contribution in [2.24, 2.45) is 5.73 Å². The zero-order valence-corrected chi connectivity index (χ0v) is 30.1. The number of hydrogen-bond acceptors (Lipinski definition) is 8. The molecule has 1 unspecified atom stereocenters. The van der Waals surface area contributed by atoms with E-state index in [0.29, 0.717) is 33.2 Å². The van der Waals surface area contributed by atoms with E-state index in [-0.39, 0.29) is 25.8 Å². The fraction of sp³-hybridized carbons (Fsp3) is 0.262. The topological polar surface area (TPSA) is 151 Å². The summed E-state index contributed by atoms with van der Waals surface area (Å²) < 4.78 is 12.5. The minimum absolute atomic E-state index is 0.0355. The summed E-state index contributed by atoms with van der Waals surface area (Å²) >= 11 is 6.75. The number of nitrogens with two attached hydrogens (primary N) is 1. The van der Waals surface area contributed by atoms with Crippen LogP contribution in [0.5, 0.6) is 11.5 Å². The molecule has 5 aromatic rings. The van der Waals surface area contributed by atoms with Gasteiger partial charge in [-0.2, -0.15) is 5.26 Å². The molecule has 6 rings (SSSR count). The van der Waals surface area contributed by atoms with E-state index < -0.39 is 18.1 Å². The van der Waals surface area contributed by atoms with E-state index in [0.717, 1.165) is 35.1 Å². The van der Waals surface area contributed by atoms with E-state index in [2.05, 4.69) is 72.7 Å². The first-order chi connectivity index (χ1) is 25.0. The second-order valence-electron chi connectivity index (χ2n) is 13.5. The Labute approximate surface area is 308 Å². The van der Waals surface area contributed by atoms with Gasteiger partial charge in [0.2, 0.25) is 0 Å². The Hall–Kier alpha value is -5.24. The van der Waals surface area contributed by atoms with Crippen LogP contribution in [0.4, 0.5) is 0 Å². The summed E-state index contributed by atoms with van der Waals surface area (Å²) in [6, 6.07) is 26.6. The van der Waals surface area contributed by atoms with Crippen molar-refractivity contribution < 1.29 is 24.5 Å². The maximum atomic E-state index is 11.8. The number of ether oxygens (including phenoxy) is 2. The number of carboxylic acids is 1. The average molecular weight is 717 g/mol. The Morgan fingerprint density at radius 3 is 2.40 bits per heavy atom. The number of nitriles is 1. The molecule has 9 nitrogen and oxygen atoms in total. The van der Waals surface area contributed by atoms with Gasteiger partial charge in [0.1, 0.15) is 36.3 Å². The van der Waals surface area contributed by atoms with E-state index >= 15 is 0 Å². The van der Waals surface area contributed by atoms with Gasteiger partial charge in [0, 0.05) is 42.2 Å². The SMILES string of the molecule is Cc1c(COc2cc(OCc3cncc(C#N)c3)c(CNC(C)(CO)C(=O)O)cc2Cl)cccc1-c1cccc(-c2ccc3c(c2)C[C@H](N)C3)c1C. The highest BCUT2D eigenvalue weighted by molar-refractivity contribution is 6.32. The van der Waals surface area contributed by atoms with E-state index in [1.165, 1.54) is 40.9 Å². The molecule has 4 aromatic carbocycles. The fourth-order valence-electron chi connectivity index (χ4n) is 6.58. The largest absolute Gasteiger partial charge is 0.488 e. The number of carbonyl (C=O) groups is 1. The van der Waals surface area contributed by atoms with Crippen molar-refractivity contribution in [2.45, 2.75) is 65.0 Å². The summed E-state index contributed by atoms with van der Waals surface area (Å²) in [4.78, 5) is 15.9. The quantitative estimate of drug-likeness (QED) is 0.100. The molecule has 0 spiro atoms. The number of carboxylic acid groups (broad SMARTS) is 1. The van der Waals surface area contributed by atoms with Crippen molar-refractivity contribution in [3.05, 3.63) is 135 Å². The monoisotopic (exact) mass is 716 g/mol. The highest BCUT2D eigenvalue weighted by atomic mass is 35.5. The van der Waals surface area contributed by atoms with Gasteiger partial charge in [0.15, 0.2) is 0 Å². The third kappa shape index (κ3) is 7.81. The fourth-order valence-corrected chi connectivity index (χ4v) is 6.83. The molecular formula is C42H41ClN4O5. The van der Waals surface area contributed by atoms with Gasteiger partial charge >= 0.3 is 5.97 Å². The Morgan fingerprint density at radius 2 is 1.65 bits per heavy atom. The maximum Gasteiger partial charge on any atom is 0.326 e. The summed E-state index contributed by atoms with van der Waals surface area (Å²) in [7, 11) is 0. The third-order valence-electron chi connectivity index (χ3n) is 9.83. The van der Waals surface area contributed by atoms with Crippen LogP contribution in [0, 0.1) is 25.2 Å². The molecule has 1 heterocycles. The molecule has 1 aromatic heterocycles. The Morgan fingerprint density at radius 1 is 0.942 bits per heavy atom. The van der Waals surface area contributed by atoms with Crippen LogP contribution >= 0.6 is 11.6 Å². The lowest BCUT2D eigenvalue weighted by Crippen LogP contribution is -2.52. The minimum Gasteiger partial charge on any atom is -0.488 e. The van der Waals surface area contributed by atoms with Crippen molar-refractivity contribution in [3.8, 4) is 39.8 Å². The van der Waals surface area contributed by atoms with Crippen LogP contribution in [-0.2, 0) is 37.4 Å². The number of aliphatic hydroxyl groups excluding tert-OH is 1. The first-order valence-electron chi connectivity index (χ1n) is 17.1. The maximum absolute atomic E-state index is 11.8. The highest BCUT2D eigenvalue weighted by Crippen LogP contribution is 2.38. The second kappa shape index (κ2) is 15.6. The van der Waals surface area contributed by atoms with Crippen molar-refractivity contribution in [1.82, 2.24) is 10.3 Å². The van der Waals surface area contributed by atoms with Crippen molar-refractivity contribution in [3.63, 3.8) is 0 Å². The third-order valence-corrected chi connectivity index (χ3v) is 10.1. The van der Waals surface area contributed by atoms with Gasteiger partial charge in [-0.1, -0.05) is 66.2 Å². The lowest BCUT2D eigenvalue weighted by molar-refractivity contribution is -0.145. The first kappa shape index (κ1) is 36.5. The number of aromatic nitrogens is 1. The molecule has 2 atom stereocenters. The van der Waals surface area contributed by atoms with Crippen LogP contribution < -0.4 is 20.5 Å². The zero-order chi connectivity index (χ0) is 37.0. The molecule has 10 heteroatoms. The van der Waals surface area contributed by atoms with Gasteiger partial charge in [-0.15, -0.1) is 0 Å². The van der Waals surface area contributed by atoms with Gasteiger partial charge < -0.3 is 25.4 Å². The summed E-state index contributed by atoms with van der Waals surface area (Å²) in [6.07, 6.45) is 4.90. The van der Waals surface area contributed by atoms with Crippen LogP contribution in [0.1, 0.15) is 51.4 Å². The zero-order valence-electron chi connectivity index (χ0n) is 29.4. The number of benzene rings is 4. The van der Waals surface area contributed by atoms with Crippen LogP contribution in [0.3, 0.4) is 0 Å². The molecule has 0 saturated carbocycles. The molecule has 1 aliphatic carbocycles. The molecule has 0 fully saturated rings. The standard InChI is InChI=1S/C42H41ClN4O5/c1-25-31(6-4-8-36(25)37-9-5-7-35(26(37)2)30-11-10-29-14-34(45)15-32(29)13-30)23-52-40-17-39(51-22-28-12-27(18-44)19-46-20-28)33(16-38(40)43)21-47-42(3,24-48)41(49)50/h4-13,16-17,19-20,34,47-48H,14-15,21-24,45H2,1-3H3,(H,49,50)/t34-,42?/m1/s1. The van der Waals surface area contributed by atoms with Gasteiger partial charge in [-0.25, -0.2) is 0 Å². The number of aliphatic carboxylic acids is 1. The molecule has 0 bridgehead atoms. The smallest absolute Gasteiger partial charge is 0.326 e. The summed E-state index contributed by atoms with van der Waals surface area (Å²) in [5.74, 6) is -0.422. The molecule has 0 radical (unpaired) electrons. The van der Waals surface area contributed by atoms with Gasteiger partial charge in [0.05, 0.1) is 17.2 Å². The molecule has 0 saturated heterocycles. The van der Waals surface area contributed by atoms with Crippen LogP contribution in [0.25, 0.3) is 22.3 Å². The second-order valence-corrected chi connectivity index (χ2v) is 13.9. The average Bonchev–Trinajstić information content (AvgIpc) is 3.52. The summed E-state index contributed by atoms with van der Waals surface area (Å²) in [5.41, 5.74) is 16.8. The molecule has 0 amide bonds. The predicted octanol–water partition coefficient (Wildman–Crippen LogP) is 7.07. The molecule has 52 heavy (non-hydrogen) atoms. The number of pyridine rings is 1. The van der Waals surface area contributed by atoms with Crippen molar-refractivity contribution in [1.29, 1.82) is 5.26 Å². The summed E-state index contributed by atoms with van der Waals surface area (Å²) in [5, 5.41) is 31.9. The number of fused-ring (bicyclic) bond motifs is 1. The van der Waals surface area contributed by atoms with Crippen LogP contribution in [-0.4, -0.2) is 39.4 Å². The minimum atomic E-state index is -1.58. The highest BCUT2D eigenvalue weighted by Gasteiger charge is 2.32. The first-order valence-corrected chi connectivity index (χ1v) is 17.4. The van der Waals surface area contributed by atoms with Gasteiger partial charge in [0.25, 0.3) is 0 Å². The van der Waals surface area contributed by atoms with E-state index in [9.17, 15) is 20.3 Å². The van der Waals surface area contributed by atoms with E-state index in [1.54, 1.807) is 24.4 Å². The number of nitrogens with one attached hydrogen (secondary N) is 1.